The molecule has 3 aromatic rings. The number of benzene rings is 2. The summed E-state index contributed by atoms with van der Waals surface area (Å²) in [5.74, 6) is 0.831. The van der Waals surface area contributed by atoms with E-state index in [1.54, 1.807) is 11.3 Å². The first-order valence-corrected chi connectivity index (χ1v) is 10.5. The maximum Gasteiger partial charge on any atom is 0.124 e. The Bertz CT molecular complexity index is 786. The molecule has 0 aliphatic carbocycles. The van der Waals surface area contributed by atoms with Gasteiger partial charge in [-0.2, -0.15) is 0 Å². The maximum atomic E-state index is 5.72. The molecule has 0 spiro atoms. The van der Waals surface area contributed by atoms with Gasteiger partial charge in [0, 0.05) is 12.2 Å². The molecule has 0 fully saturated rings. The van der Waals surface area contributed by atoms with Crippen molar-refractivity contribution in [1.82, 2.24) is 4.98 Å². The lowest BCUT2D eigenvalue weighted by molar-refractivity contribution is 0.00945. The zero-order valence-electron chi connectivity index (χ0n) is 16.3. The molecule has 0 aliphatic rings. The Kier molecular flexibility index (Phi) is 8.71. The average molecular weight is 402 g/mol. The minimum absolute atomic E-state index is 0.514. The van der Waals surface area contributed by atoms with E-state index in [0.717, 1.165) is 34.9 Å². The number of nitrogens with zero attached hydrogens (tertiary/aromatic N) is 1. The predicted octanol–water partition coefficient (Wildman–Crippen LogP) is 4.80. The molecule has 28 heavy (non-hydrogen) atoms. The van der Waals surface area contributed by atoms with Crippen molar-refractivity contribution < 1.29 is 18.9 Å². The van der Waals surface area contributed by atoms with Crippen molar-refractivity contribution >= 4 is 21.6 Å². The van der Waals surface area contributed by atoms with E-state index < -0.39 is 0 Å². The van der Waals surface area contributed by atoms with Crippen LogP contribution in [0.5, 0.6) is 5.75 Å². The third-order valence-corrected chi connectivity index (χ3v) is 5.07. The summed E-state index contributed by atoms with van der Waals surface area (Å²) in [5.41, 5.74) is 2.14. The Morgan fingerprint density at radius 1 is 0.750 bits per heavy atom. The lowest BCUT2D eigenvalue weighted by Crippen LogP contribution is -2.12. The molecule has 0 saturated carbocycles. The summed E-state index contributed by atoms with van der Waals surface area (Å²) in [6.45, 7) is 6.33. The topological polar surface area (TPSA) is 49.8 Å². The van der Waals surface area contributed by atoms with Gasteiger partial charge in [0.15, 0.2) is 0 Å². The van der Waals surface area contributed by atoms with Crippen LogP contribution in [0.1, 0.15) is 13.3 Å². The molecule has 0 saturated heterocycles. The monoisotopic (exact) mass is 401 g/mol. The standard InChI is InChI=1S/C22H27NO4S/c1-2-11-24-12-13-25-14-15-26-16-17-27-19-9-7-18(8-10-19)22-23-20-5-3-4-6-21(20)28-22/h3-10H,2,11-17H2,1H3. The van der Waals surface area contributed by atoms with E-state index in [9.17, 15) is 0 Å². The molecule has 0 N–H and O–H groups in total. The van der Waals surface area contributed by atoms with Gasteiger partial charge < -0.3 is 18.9 Å². The number of para-hydroxylation sites is 1. The summed E-state index contributed by atoms with van der Waals surface area (Å²) in [5, 5.41) is 1.02. The van der Waals surface area contributed by atoms with E-state index >= 15 is 0 Å². The van der Waals surface area contributed by atoms with E-state index in [2.05, 4.69) is 18.0 Å². The highest BCUT2D eigenvalue weighted by Gasteiger charge is 2.06. The molecule has 0 atom stereocenters. The third kappa shape index (κ3) is 6.56. The van der Waals surface area contributed by atoms with Crippen molar-refractivity contribution in [3.8, 4) is 16.3 Å². The van der Waals surface area contributed by atoms with Crippen LogP contribution in [0.2, 0.25) is 0 Å². The van der Waals surface area contributed by atoms with Crippen LogP contribution in [-0.4, -0.2) is 51.2 Å². The first kappa shape index (κ1) is 20.7. The summed E-state index contributed by atoms with van der Waals surface area (Å²) in [6.07, 6.45) is 1.04. The maximum absolute atomic E-state index is 5.72. The highest BCUT2D eigenvalue weighted by molar-refractivity contribution is 7.21. The zero-order chi connectivity index (χ0) is 19.4. The van der Waals surface area contributed by atoms with Crippen molar-refractivity contribution in [1.29, 1.82) is 0 Å². The fraction of sp³-hybridized carbons (Fsp3) is 0.409. The number of fused-ring (bicyclic) bond motifs is 1. The minimum Gasteiger partial charge on any atom is -0.491 e. The normalized spacial score (nSPS) is 11.2. The number of hydrogen-bond donors (Lipinski definition) is 0. The molecule has 3 rings (SSSR count). The summed E-state index contributed by atoms with van der Waals surface area (Å²) in [6, 6.07) is 16.2. The Hall–Kier alpha value is -1.99. The Labute approximate surface area is 170 Å². The molecule has 0 aliphatic heterocycles. The molecule has 0 radical (unpaired) electrons. The zero-order valence-corrected chi connectivity index (χ0v) is 17.1. The second-order valence-corrected chi connectivity index (χ2v) is 7.23. The van der Waals surface area contributed by atoms with Crippen LogP contribution in [0.3, 0.4) is 0 Å². The molecule has 6 heteroatoms. The lowest BCUT2D eigenvalue weighted by Gasteiger charge is -2.08. The molecule has 2 aromatic carbocycles. The first-order valence-electron chi connectivity index (χ1n) is 9.69. The molecule has 1 heterocycles. The van der Waals surface area contributed by atoms with Crippen LogP contribution in [0, 0.1) is 0 Å². The van der Waals surface area contributed by atoms with Crippen LogP contribution in [0.4, 0.5) is 0 Å². The second-order valence-electron chi connectivity index (χ2n) is 6.20. The minimum atomic E-state index is 0.514. The third-order valence-electron chi connectivity index (χ3n) is 3.98. The summed E-state index contributed by atoms with van der Waals surface area (Å²) in [7, 11) is 0. The van der Waals surface area contributed by atoms with E-state index in [4.69, 9.17) is 18.9 Å². The molecule has 0 unspecified atom stereocenters. The van der Waals surface area contributed by atoms with Gasteiger partial charge in [-0.05, 0) is 42.8 Å². The first-order chi connectivity index (χ1) is 13.9. The van der Waals surface area contributed by atoms with E-state index in [1.165, 1.54) is 4.70 Å². The van der Waals surface area contributed by atoms with Gasteiger partial charge in [0.2, 0.25) is 0 Å². The number of aromatic nitrogens is 1. The van der Waals surface area contributed by atoms with Gasteiger partial charge in [0.25, 0.3) is 0 Å². The molecule has 1 aromatic heterocycles. The second kappa shape index (κ2) is 11.8. The highest BCUT2D eigenvalue weighted by atomic mass is 32.1. The number of hydrogen-bond acceptors (Lipinski definition) is 6. The fourth-order valence-corrected chi connectivity index (χ4v) is 3.57. The Morgan fingerprint density at radius 2 is 1.39 bits per heavy atom. The van der Waals surface area contributed by atoms with Crippen molar-refractivity contribution in [2.24, 2.45) is 0 Å². The lowest BCUT2D eigenvalue weighted by atomic mass is 10.2. The molecular formula is C22H27NO4S. The van der Waals surface area contributed by atoms with Crippen molar-refractivity contribution in [3.63, 3.8) is 0 Å². The van der Waals surface area contributed by atoms with Crippen LogP contribution in [0.25, 0.3) is 20.8 Å². The molecular weight excluding hydrogens is 374 g/mol. The Morgan fingerprint density at radius 3 is 2.07 bits per heavy atom. The van der Waals surface area contributed by atoms with E-state index in [-0.39, 0.29) is 0 Å². The fourth-order valence-electron chi connectivity index (χ4n) is 2.59. The van der Waals surface area contributed by atoms with E-state index in [0.29, 0.717) is 39.6 Å². The van der Waals surface area contributed by atoms with Gasteiger partial charge in [-0.25, -0.2) is 4.98 Å². The van der Waals surface area contributed by atoms with Crippen molar-refractivity contribution in [2.45, 2.75) is 13.3 Å². The van der Waals surface area contributed by atoms with Gasteiger partial charge in [-0.15, -0.1) is 11.3 Å². The van der Waals surface area contributed by atoms with Gasteiger partial charge >= 0.3 is 0 Å². The predicted molar refractivity (Wildman–Crippen MR) is 113 cm³/mol. The molecule has 150 valence electrons. The van der Waals surface area contributed by atoms with Crippen LogP contribution in [0.15, 0.2) is 48.5 Å². The van der Waals surface area contributed by atoms with Crippen molar-refractivity contribution in [3.05, 3.63) is 48.5 Å². The Balaban J connectivity index is 1.31. The summed E-state index contributed by atoms with van der Waals surface area (Å²) < 4.78 is 23.2. The summed E-state index contributed by atoms with van der Waals surface area (Å²) >= 11 is 1.70. The molecule has 5 nitrogen and oxygen atoms in total. The highest BCUT2D eigenvalue weighted by Crippen LogP contribution is 2.30. The largest absolute Gasteiger partial charge is 0.491 e. The van der Waals surface area contributed by atoms with Crippen molar-refractivity contribution in [2.75, 3.05) is 46.2 Å². The number of rotatable bonds is 13. The quantitative estimate of drug-likeness (QED) is 0.385. The van der Waals surface area contributed by atoms with E-state index in [1.807, 2.05) is 42.5 Å². The molecule has 0 bridgehead atoms. The average Bonchev–Trinajstić information content (AvgIpc) is 3.17. The summed E-state index contributed by atoms with van der Waals surface area (Å²) in [4.78, 5) is 4.68. The van der Waals surface area contributed by atoms with Crippen LogP contribution >= 0.6 is 11.3 Å². The molecule has 0 amide bonds. The van der Waals surface area contributed by atoms with Crippen LogP contribution in [-0.2, 0) is 14.2 Å². The number of ether oxygens (including phenoxy) is 4. The van der Waals surface area contributed by atoms with Gasteiger partial charge in [-0.3, -0.25) is 0 Å². The van der Waals surface area contributed by atoms with Gasteiger partial charge in [-0.1, -0.05) is 19.1 Å². The smallest absolute Gasteiger partial charge is 0.124 e. The SMILES string of the molecule is CCCOCCOCCOCCOc1ccc(-c2nc3ccccc3s2)cc1. The van der Waals surface area contributed by atoms with Gasteiger partial charge in [0.1, 0.15) is 17.4 Å². The number of thiazole rings is 1. The van der Waals surface area contributed by atoms with Crippen LogP contribution < -0.4 is 4.74 Å². The van der Waals surface area contributed by atoms with Gasteiger partial charge in [0.05, 0.1) is 43.3 Å².